The van der Waals surface area contributed by atoms with Crippen molar-refractivity contribution in [2.75, 3.05) is 25.6 Å². The maximum Gasteiger partial charge on any atom is 0.163 e. The van der Waals surface area contributed by atoms with Gasteiger partial charge in [0, 0.05) is 22.8 Å². The summed E-state index contributed by atoms with van der Waals surface area (Å²) in [6, 6.07) is 18.1. The lowest BCUT2D eigenvalue weighted by Crippen LogP contribution is -2.15. The summed E-state index contributed by atoms with van der Waals surface area (Å²) in [4.78, 5) is 0. The van der Waals surface area contributed by atoms with Crippen LogP contribution < -0.4 is 24.3 Å². The molecule has 0 fully saturated rings. The van der Waals surface area contributed by atoms with E-state index in [9.17, 15) is 0 Å². The molecule has 0 spiro atoms. The number of rotatable bonds is 7. The first kappa shape index (κ1) is 20.4. The van der Waals surface area contributed by atoms with Crippen molar-refractivity contribution in [2.24, 2.45) is 0 Å². The highest BCUT2D eigenvalue weighted by molar-refractivity contribution is 9.10. The van der Waals surface area contributed by atoms with E-state index in [0.717, 1.165) is 32.8 Å². The molecule has 1 heterocycles. The van der Waals surface area contributed by atoms with Crippen molar-refractivity contribution < 1.29 is 18.9 Å². The van der Waals surface area contributed by atoms with E-state index in [-0.39, 0.29) is 0 Å². The Morgan fingerprint density at radius 1 is 0.933 bits per heavy atom. The van der Waals surface area contributed by atoms with E-state index >= 15 is 0 Å². The van der Waals surface area contributed by atoms with Gasteiger partial charge in [-0.25, -0.2) is 0 Å². The average molecular weight is 470 g/mol. The fraction of sp³-hybridized carbons (Fsp3) is 0.250. The molecular formula is C24H24BrNO4. The zero-order valence-electron chi connectivity index (χ0n) is 17.0. The summed E-state index contributed by atoms with van der Waals surface area (Å²) in [7, 11) is 1.65. The van der Waals surface area contributed by atoms with Gasteiger partial charge in [-0.3, -0.25) is 0 Å². The van der Waals surface area contributed by atoms with Gasteiger partial charge in [-0.1, -0.05) is 45.8 Å². The van der Waals surface area contributed by atoms with Crippen LogP contribution in [0.25, 0.3) is 0 Å². The van der Waals surface area contributed by atoms with Crippen molar-refractivity contribution in [1.29, 1.82) is 0 Å². The van der Waals surface area contributed by atoms with Crippen LogP contribution in [0.5, 0.6) is 23.0 Å². The summed E-state index contributed by atoms with van der Waals surface area (Å²) in [5.41, 5.74) is 4.37. The maximum absolute atomic E-state index is 6.01. The third-order valence-electron chi connectivity index (χ3n) is 4.87. The van der Waals surface area contributed by atoms with Crippen LogP contribution in [-0.2, 0) is 13.2 Å². The topological polar surface area (TPSA) is 49.0 Å². The molecule has 0 saturated heterocycles. The first-order valence-corrected chi connectivity index (χ1v) is 10.6. The van der Waals surface area contributed by atoms with Gasteiger partial charge in [-0.05, 0) is 42.3 Å². The summed E-state index contributed by atoms with van der Waals surface area (Å²) in [6.07, 6.45) is 0. The van der Waals surface area contributed by atoms with Crippen molar-refractivity contribution in [3.8, 4) is 23.0 Å². The minimum Gasteiger partial charge on any atom is -0.493 e. The Morgan fingerprint density at radius 3 is 2.47 bits per heavy atom. The lowest BCUT2D eigenvalue weighted by atomic mass is 10.1. The number of hydrogen-bond acceptors (Lipinski definition) is 5. The molecular weight excluding hydrogens is 446 g/mol. The van der Waals surface area contributed by atoms with Gasteiger partial charge in [0.1, 0.15) is 19.8 Å². The van der Waals surface area contributed by atoms with Crippen LogP contribution in [0.2, 0.25) is 0 Å². The minimum atomic E-state index is 0.484. The molecule has 6 heteroatoms. The van der Waals surface area contributed by atoms with Crippen molar-refractivity contribution in [3.05, 3.63) is 75.8 Å². The van der Waals surface area contributed by atoms with Crippen molar-refractivity contribution in [3.63, 3.8) is 0 Å². The standard InChI is InChI=1S/C24H24BrNO4/c1-16-3-5-17(6-4-16)15-30-24-13-20(25)18(11-22(24)27-2)14-26-19-7-8-21-23(12-19)29-10-9-28-21/h3-8,11-13,26H,9-10,14-15H2,1-2H3. The Balaban J connectivity index is 1.44. The number of methoxy groups -OCH3 is 1. The Bertz CT molecular complexity index is 1020. The second-order valence-electron chi connectivity index (χ2n) is 7.08. The number of ether oxygens (including phenoxy) is 4. The molecule has 0 atom stereocenters. The highest BCUT2D eigenvalue weighted by Crippen LogP contribution is 2.36. The lowest BCUT2D eigenvalue weighted by Gasteiger charge is -2.19. The molecule has 1 N–H and O–H groups in total. The molecule has 0 saturated carbocycles. The molecule has 1 aliphatic rings. The van der Waals surface area contributed by atoms with Crippen LogP contribution in [0.15, 0.2) is 59.1 Å². The summed E-state index contributed by atoms with van der Waals surface area (Å²) in [5, 5.41) is 3.42. The van der Waals surface area contributed by atoms with E-state index in [0.29, 0.717) is 37.9 Å². The Kier molecular flexibility index (Phi) is 6.33. The van der Waals surface area contributed by atoms with E-state index < -0.39 is 0 Å². The van der Waals surface area contributed by atoms with Gasteiger partial charge in [-0.2, -0.15) is 0 Å². The number of aryl methyl sites for hydroxylation is 1. The second-order valence-corrected chi connectivity index (χ2v) is 7.94. The van der Waals surface area contributed by atoms with Gasteiger partial charge in [0.2, 0.25) is 0 Å². The van der Waals surface area contributed by atoms with Crippen LogP contribution in [0.3, 0.4) is 0 Å². The summed E-state index contributed by atoms with van der Waals surface area (Å²) < 4.78 is 23.7. The molecule has 0 aromatic heterocycles. The van der Waals surface area contributed by atoms with Crippen molar-refractivity contribution in [2.45, 2.75) is 20.1 Å². The smallest absolute Gasteiger partial charge is 0.163 e. The van der Waals surface area contributed by atoms with Gasteiger partial charge in [0.15, 0.2) is 23.0 Å². The second kappa shape index (κ2) is 9.30. The number of halogens is 1. The average Bonchev–Trinajstić information content (AvgIpc) is 2.78. The van der Waals surface area contributed by atoms with E-state index in [4.69, 9.17) is 18.9 Å². The summed E-state index contributed by atoms with van der Waals surface area (Å²) >= 11 is 3.66. The number of nitrogens with one attached hydrogen (secondary N) is 1. The predicted molar refractivity (Wildman–Crippen MR) is 121 cm³/mol. The fourth-order valence-electron chi connectivity index (χ4n) is 3.18. The maximum atomic E-state index is 6.01. The molecule has 0 aliphatic carbocycles. The van der Waals surface area contributed by atoms with Gasteiger partial charge in [-0.15, -0.1) is 0 Å². The van der Waals surface area contributed by atoms with Gasteiger partial charge >= 0.3 is 0 Å². The lowest BCUT2D eigenvalue weighted by molar-refractivity contribution is 0.171. The quantitative estimate of drug-likeness (QED) is 0.478. The highest BCUT2D eigenvalue weighted by Gasteiger charge is 2.13. The largest absolute Gasteiger partial charge is 0.493 e. The first-order chi connectivity index (χ1) is 14.6. The molecule has 0 unspecified atom stereocenters. The van der Waals surface area contributed by atoms with Gasteiger partial charge in [0.25, 0.3) is 0 Å². The monoisotopic (exact) mass is 469 g/mol. The van der Waals surface area contributed by atoms with Crippen LogP contribution in [-0.4, -0.2) is 20.3 Å². The molecule has 30 heavy (non-hydrogen) atoms. The molecule has 5 nitrogen and oxygen atoms in total. The van der Waals surface area contributed by atoms with E-state index in [1.165, 1.54) is 5.56 Å². The number of hydrogen-bond donors (Lipinski definition) is 1. The van der Waals surface area contributed by atoms with Gasteiger partial charge < -0.3 is 24.3 Å². The van der Waals surface area contributed by atoms with E-state index in [2.05, 4.69) is 52.4 Å². The molecule has 0 radical (unpaired) electrons. The highest BCUT2D eigenvalue weighted by atomic mass is 79.9. The molecule has 3 aromatic carbocycles. The summed E-state index contributed by atoms with van der Waals surface area (Å²) in [6.45, 7) is 4.34. The van der Waals surface area contributed by atoms with E-state index in [1.807, 2.05) is 30.3 Å². The molecule has 0 bridgehead atoms. The summed E-state index contributed by atoms with van der Waals surface area (Å²) in [5.74, 6) is 2.95. The Morgan fingerprint density at radius 2 is 1.70 bits per heavy atom. The Hall–Kier alpha value is -2.86. The molecule has 156 valence electrons. The fourth-order valence-corrected chi connectivity index (χ4v) is 3.64. The zero-order chi connectivity index (χ0) is 20.9. The predicted octanol–water partition coefficient (Wildman–Crippen LogP) is 5.73. The molecule has 3 aromatic rings. The normalized spacial score (nSPS) is 12.4. The number of fused-ring (bicyclic) bond motifs is 1. The van der Waals surface area contributed by atoms with Crippen LogP contribution in [0, 0.1) is 6.92 Å². The van der Waals surface area contributed by atoms with Crippen molar-refractivity contribution >= 4 is 21.6 Å². The zero-order valence-corrected chi connectivity index (χ0v) is 18.6. The van der Waals surface area contributed by atoms with Crippen LogP contribution >= 0.6 is 15.9 Å². The molecule has 0 amide bonds. The molecule has 4 rings (SSSR count). The molecule has 1 aliphatic heterocycles. The Labute approximate surface area is 185 Å². The first-order valence-electron chi connectivity index (χ1n) is 9.80. The van der Waals surface area contributed by atoms with Crippen molar-refractivity contribution in [1.82, 2.24) is 0 Å². The van der Waals surface area contributed by atoms with Crippen LogP contribution in [0.1, 0.15) is 16.7 Å². The minimum absolute atomic E-state index is 0.484. The number of benzene rings is 3. The van der Waals surface area contributed by atoms with E-state index in [1.54, 1.807) is 7.11 Å². The third-order valence-corrected chi connectivity index (χ3v) is 5.61. The SMILES string of the molecule is COc1cc(CNc2ccc3c(c2)OCCO3)c(Br)cc1OCc1ccc(C)cc1. The van der Waals surface area contributed by atoms with Crippen LogP contribution in [0.4, 0.5) is 5.69 Å². The number of anilines is 1. The van der Waals surface area contributed by atoms with Gasteiger partial charge in [0.05, 0.1) is 7.11 Å². The third kappa shape index (κ3) is 4.82.